The molecule has 0 atom stereocenters. The van der Waals surface area contributed by atoms with E-state index in [2.05, 4.69) is 4.98 Å². The zero-order valence-electron chi connectivity index (χ0n) is 8.09. The van der Waals surface area contributed by atoms with Gasteiger partial charge in [0.25, 0.3) is 0 Å². The van der Waals surface area contributed by atoms with E-state index < -0.39 is 0 Å². The van der Waals surface area contributed by atoms with Crippen LogP contribution in [-0.4, -0.2) is 28.2 Å². The highest BCUT2D eigenvalue weighted by Crippen LogP contribution is 2.21. The van der Waals surface area contributed by atoms with Gasteiger partial charge in [0, 0.05) is 19.3 Å². The Labute approximate surface area is 83.1 Å². The van der Waals surface area contributed by atoms with Crippen molar-refractivity contribution in [2.45, 2.75) is 6.92 Å². The third-order valence-electron chi connectivity index (χ3n) is 2.22. The second kappa shape index (κ2) is 3.67. The van der Waals surface area contributed by atoms with Crippen LogP contribution in [0.1, 0.15) is 6.92 Å². The topological polar surface area (TPSA) is 39.6 Å². The summed E-state index contributed by atoms with van der Waals surface area (Å²) in [6, 6.07) is 5.64. The molecule has 1 aliphatic heterocycles. The van der Waals surface area contributed by atoms with E-state index in [1.165, 1.54) is 0 Å². The van der Waals surface area contributed by atoms with Crippen LogP contribution in [0.15, 0.2) is 36.4 Å². The normalized spacial score (nSPS) is 17.2. The van der Waals surface area contributed by atoms with E-state index in [0.29, 0.717) is 0 Å². The molecule has 1 aliphatic rings. The monoisotopic (exact) mass is 191 g/mol. The highest BCUT2D eigenvalue weighted by molar-refractivity contribution is 5.43. The Morgan fingerprint density at radius 1 is 1.50 bits per heavy atom. The van der Waals surface area contributed by atoms with Gasteiger partial charge in [-0.25, -0.2) is 15.0 Å². The van der Waals surface area contributed by atoms with Crippen LogP contribution in [0.5, 0.6) is 0 Å². The summed E-state index contributed by atoms with van der Waals surface area (Å²) >= 11 is 0. The van der Waals surface area contributed by atoms with Gasteiger partial charge < -0.3 is 5.11 Å². The van der Waals surface area contributed by atoms with E-state index in [1.807, 2.05) is 30.1 Å². The van der Waals surface area contributed by atoms with Crippen molar-refractivity contribution in [3.05, 3.63) is 36.4 Å². The summed E-state index contributed by atoms with van der Waals surface area (Å²) in [5, 5.41) is 13.4. The number of rotatable bonds is 2. The summed E-state index contributed by atoms with van der Waals surface area (Å²) < 4.78 is 0. The summed E-state index contributed by atoms with van der Waals surface area (Å²) in [6.07, 6.45) is 3.49. The smallest absolute Gasteiger partial charge is 0.205 e. The lowest BCUT2D eigenvalue weighted by atomic mass is 10.4. The number of hydrogen-bond acceptors (Lipinski definition) is 4. The van der Waals surface area contributed by atoms with Gasteiger partial charge in [0.15, 0.2) is 0 Å². The first-order valence-electron chi connectivity index (χ1n) is 4.68. The number of pyridine rings is 1. The van der Waals surface area contributed by atoms with Crippen molar-refractivity contribution in [1.82, 2.24) is 9.99 Å². The first-order valence-corrected chi connectivity index (χ1v) is 4.68. The van der Waals surface area contributed by atoms with Gasteiger partial charge in [0.05, 0.1) is 0 Å². The molecule has 1 aromatic rings. The lowest BCUT2D eigenvalue weighted by Crippen LogP contribution is -2.37. The molecule has 4 nitrogen and oxygen atoms in total. The predicted octanol–water partition coefficient (Wildman–Crippen LogP) is 1.54. The highest BCUT2D eigenvalue weighted by atomic mass is 16.3. The van der Waals surface area contributed by atoms with Gasteiger partial charge in [-0.05, 0) is 18.2 Å². The van der Waals surface area contributed by atoms with Crippen LogP contribution in [0.2, 0.25) is 0 Å². The number of likely N-dealkylation sites (N-methyl/N-ethyl adjacent to an activating group) is 1. The maximum Gasteiger partial charge on any atom is 0.205 e. The molecule has 2 rings (SSSR count). The van der Waals surface area contributed by atoms with Gasteiger partial charge in [-0.1, -0.05) is 13.0 Å². The fourth-order valence-electron chi connectivity index (χ4n) is 1.51. The molecule has 2 heterocycles. The first-order chi connectivity index (χ1) is 6.83. The molecular formula is C10H13N3O. The van der Waals surface area contributed by atoms with Gasteiger partial charge in [-0.2, -0.15) is 0 Å². The van der Waals surface area contributed by atoms with Gasteiger partial charge in [0.2, 0.25) is 5.88 Å². The second-order valence-electron chi connectivity index (χ2n) is 3.07. The maximum absolute atomic E-state index is 9.65. The van der Waals surface area contributed by atoms with Crippen molar-refractivity contribution in [3.8, 4) is 0 Å². The zero-order valence-corrected chi connectivity index (χ0v) is 8.09. The number of hydrogen-bond donors (Lipinski definition) is 1. The van der Waals surface area contributed by atoms with Crippen LogP contribution in [0.3, 0.4) is 0 Å². The Morgan fingerprint density at radius 3 is 3.00 bits per heavy atom. The number of hydrazine groups is 1. The van der Waals surface area contributed by atoms with Crippen molar-refractivity contribution in [3.63, 3.8) is 0 Å². The van der Waals surface area contributed by atoms with Crippen LogP contribution in [-0.2, 0) is 0 Å². The number of aromatic nitrogens is 1. The second-order valence-corrected chi connectivity index (χ2v) is 3.07. The van der Waals surface area contributed by atoms with E-state index in [0.717, 1.165) is 18.9 Å². The molecule has 0 aromatic carbocycles. The largest absolute Gasteiger partial charge is 0.494 e. The molecule has 0 radical (unpaired) electrons. The molecule has 1 aromatic heterocycles. The lowest BCUT2D eigenvalue weighted by Gasteiger charge is -2.27. The third kappa shape index (κ3) is 1.44. The van der Waals surface area contributed by atoms with Crippen molar-refractivity contribution in [1.29, 1.82) is 0 Å². The standard InChI is InChI=1S/C10H13N3O/c1-2-12-8-6-10(14)13(12)9-5-3-4-7-11-9/h3-7,14H,2,8H2,1H3. The number of aliphatic hydroxyl groups is 1. The summed E-state index contributed by atoms with van der Waals surface area (Å²) in [4.78, 5) is 4.19. The van der Waals surface area contributed by atoms with Crippen molar-refractivity contribution in [2.75, 3.05) is 18.1 Å². The van der Waals surface area contributed by atoms with Gasteiger partial charge >= 0.3 is 0 Å². The summed E-state index contributed by atoms with van der Waals surface area (Å²) in [7, 11) is 0. The van der Waals surface area contributed by atoms with E-state index in [4.69, 9.17) is 0 Å². The molecule has 0 aliphatic carbocycles. The Bertz CT molecular complexity index is 336. The molecule has 0 amide bonds. The Hall–Kier alpha value is -1.55. The van der Waals surface area contributed by atoms with E-state index >= 15 is 0 Å². The van der Waals surface area contributed by atoms with Crippen LogP contribution >= 0.6 is 0 Å². The molecule has 0 spiro atoms. The molecular weight excluding hydrogens is 178 g/mol. The summed E-state index contributed by atoms with van der Waals surface area (Å²) in [5.74, 6) is 1.01. The molecule has 0 fully saturated rings. The third-order valence-corrected chi connectivity index (χ3v) is 2.22. The summed E-state index contributed by atoms with van der Waals surface area (Å²) in [6.45, 7) is 3.62. The minimum absolute atomic E-state index is 0.255. The van der Waals surface area contributed by atoms with Crippen LogP contribution in [0.25, 0.3) is 0 Å². The molecule has 4 heteroatoms. The van der Waals surface area contributed by atoms with Crippen molar-refractivity contribution >= 4 is 5.82 Å². The van der Waals surface area contributed by atoms with Crippen LogP contribution < -0.4 is 5.01 Å². The highest BCUT2D eigenvalue weighted by Gasteiger charge is 2.23. The Balaban J connectivity index is 2.28. The molecule has 1 N–H and O–H groups in total. The Morgan fingerprint density at radius 2 is 2.36 bits per heavy atom. The summed E-state index contributed by atoms with van der Waals surface area (Å²) in [5.41, 5.74) is 0. The zero-order chi connectivity index (χ0) is 9.97. The fraction of sp³-hybridized carbons (Fsp3) is 0.300. The van der Waals surface area contributed by atoms with Crippen molar-refractivity contribution in [2.24, 2.45) is 0 Å². The fourth-order valence-corrected chi connectivity index (χ4v) is 1.51. The van der Waals surface area contributed by atoms with Crippen LogP contribution in [0.4, 0.5) is 5.82 Å². The molecule has 14 heavy (non-hydrogen) atoms. The van der Waals surface area contributed by atoms with Gasteiger partial charge in [0.1, 0.15) is 5.82 Å². The predicted molar refractivity (Wildman–Crippen MR) is 54.7 cm³/mol. The van der Waals surface area contributed by atoms with E-state index in [1.54, 1.807) is 17.3 Å². The van der Waals surface area contributed by atoms with Crippen molar-refractivity contribution < 1.29 is 5.11 Å². The Kier molecular flexibility index (Phi) is 2.37. The molecule has 0 bridgehead atoms. The lowest BCUT2D eigenvalue weighted by molar-refractivity contribution is 0.279. The van der Waals surface area contributed by atoms with Gasteiger partial charge in [-0.3, -0.25) is 0 Å². The van der Waals surface area contributed by atoms with Crippen LogP contribution in [0, 0.1) is 0 Å². The quantitative estimate of drug-likeness (QED) is 0.769. The first kappa shape index (κ1) is 9.02. The van der Waals surface area contributed by atoms with Gasteiger partial charge in [-0.15, -0.1) is 0 Å². The van der Waals surface area contributed by atoms with E-state index in [9.17, 15) is 5.11 Å². The van der Waals surface area contributed by atoms with E-state index in [-0.39, 0.29) is 5.88 Å². The average Bonchev–Trinajstić information content (AvgIpc) is 2.61. The molecule has 0 saturated heterocycles. The minimum atomic E-state index is 0.255. The maximum atomic E-state index is 9.65. The molecule has 0 saturated carbocycles. The number of anilines is 1. The SMILES string of the molecule is CCN1CC=C(O)N1c1ccccn1. The minimum Gasteiger partial charge on any atom is -0.494 e. The number of aliphatic hydroxyl groups excluding tert-OH is 1. The average molecular weight is 191 g/mol. The molecule has 74 valence electrons. The molecule has 0 unspecified atom stereocenters. The number of nitrogens with zero attached hydrogens (tertiary/aromatic N) is 3.